The van der Waals surface area contributed by atoms with Crippen LogP contribution in [-0.4, -0.2) is 0 Å². The van der Waals surface area contributed by atoms with E-state index in [1.54, 1.807) is 0 Å². The lowest BCUT2D eigenvalue weighted by Gasteiger charge is -2.29. The van der Waals surface area contributed by atoms with E-state index in [4.69, 9.17) is 0 Å². The van der Waals surface area contributed by atoms with E-state index in [1.807, 2.05) is 11.3 Å². The van der Waals surface area contributed by atoms with Crippen LogP contribution in [0.25, 0.3) is 64.0 Å². The van der Waals surface area contributed by atoms with Crippen LogP contribution in [-0.2, 0) is 5.41 Å². The summed E-state index contributed by atoms with van der Waals surface area (Å²) in [7, 11) is 0. The van der Waals surface area contributed by atoms with Crippen molar-refractivity contribution in [3.63, 3.8) is 0 Å². The number of rotatable bonds is 4. The van der Waals surface area contributed by atoms with Gasteiger partial charge in [-0.3, -0.25) is 0 Å². The fourth-order valence-corrected chi connectivity index (χ4v) is 9.46. The molecule has 0 saturated carbocycles. The normalized spacial score (nSPS) is 13.3. The largest absolute Gasteiger partial charge is 0.309 e. The lowest BCUT2D eigenvalue weighted by Crippen LogP contribution is -2.15. The predicted octanol–water partition coefficient (Wildman–Crippen LogP) is 13.8. The van der Waals surface area contributed by atoms with E-state index in [-0.39, 0.29) is 5.41 Å². The Balaban J connectivity index is 1.30. The monoisotopic (exact) mass is 643 g/mol. The standard InChI is InChI=1S/C47H33NS/c1-47(2)41-23-9-7-20-38(41)40-29-34(25-26-42(40)47)48(33-17-11-16-31(27-33)36-22-12-15-30-13-3-5-18-35(30)36)46-37-19-6-4-14-32(37)28-44-45(46)39-21-8-10-24-43(39)49-44/h3-29H,1-2H3. The molecule has 1 aliphatic carbocycles. The van der Waals surface area contributed by atoms with Gasteiger partial charge in [-0.2, -0.15) is 0 Å². The van der Waals surface area contributed by atoms with E-state index in [9.17, 15) is 0 Å². The minimum Gasteiger partial charge on any atom is -0.309 e. The summed E-state index contributed by atoms with van der Waals surface area (Å²) in [5.41, 5.74) is 11.4. The zero-order valence-corrected chi connectivity index (χ0v) is 28.3. The van der Waals surface area contributed by atoms with Crippen LogP contribution in [0.4, 0.5) is 17.1 Å². The van der Waals surface area contributed by atoms with Gasteiger partial charge in [0.25, 0.3) is 0 Å². The highest BCUT2D eigenvalue weighted by Gasteiger charge is 2.36. The second kappa shape index (κ2) is 10.7. The Kier molecular flexibility index (Phi) is 6.16. The Morgan fingerprint density at radius 3 is 2.00 bits per heavy atom. The molecule has 8 aromatic carbocycles. The number of anilines is 3. The second-order valence-electron chi connectivity index (χ2n) is 13.7. The molecular weight excluding hydrogens is 611 g/mol. The molecule has 0 fully saturated rings. The summed E-state index contributed by atoms with van der Waals surface area (Å²) in [6.07, 6.45) is 0. The molecule has 0 aliphatic heterocycles. The van der Waals surface area contributed by atoms with Crippen molar-refractivity contribution in [2.75, 3.05) is 4.90 Å². The molecule has 0 amide bonds. The van der Waals surface area contributed by atoms with Crippen molar-refractivity contribution in [3.8, 4) is 22.3 Å². The summed E-state index contributed by atoms with van der Waals surface area (Å²) >= 11 is 1.88. The predicted molar refractivity (Wildman–Crippen MR) is 212 cm³/mol. The minimum atomic E-state index is -0.0557. The lowest BCUT2D eigenvalue weighted by molar-refractivity contribution is 0.660. The third kappa shape index (κ3) is 4.24. The number of nitrogens with zero attached hydrogens (tertiary/aromatic N) is 1. The quantitative estimate of drug-likeness (QED) is 0.184. The van der Waals surface area contributed by atoms with Gasteiger partial charge in [0.05, 0.1) is 5.69 Å². The Labute approximate surface area is 290 Å². The van der Waals surface area contributed by atoms with Crippen LogP contribution in [0, 0.1) is 0 Å². The molecule has 2 heteroatoms. The fourth-order valence-electron chi connectivity index (χ4n) is 8.30. The maximum Gasteiger partial charge on any atom is 0.0633 e. The van der Waals surface area contributed by atoms with Gasteiger partial charge in [-0.05, 0) is 85.9 Å². The summed E-state index contributed by atoms with van der Waals surface area (Å²) in [6.45, 7) is 4.71. The molecule has 0 atom stereocenters. The maximum atomic E-state index is 2.53. The molecule has 49 heavy (non-hydrogen) atoms. The Morgan fingerprint density at radius 1 is 0.449 bits per heavy atom. The zero-order valence-electron chi connectivity index (χ0n) is 27.4. The van der Waals surface area contributed by atoms with Crippen molar-refractivity contribution in [1.29, 1.82) is 0 Å². The van der Waals surface area contributed by atoms with Gasteiger partial charge < -0.3 is 4.90 Å². The number of benzene rings is 8. The molecule has 9 aromatic rings. The lowest BCUT2D eigenvalue weighted by atomic mass is 9.82. The molecule has 1 heterocycles. The van der Waals surface area contributed by atoms with Crippen LogP contribution < -0.4 is 4.90 Å². The fraction of sp³-hybridized carbons (Fsp3) is 0.0638. The minimum absolute atomic E-state index is 0.0557. The summed E-state index contributed by atoms with van der Waals surface area (Å²) < 4.78 is 2.61. The highest BCUT2D eigenvalue weighted by atomic mass is 32.1. The third-order valence-corrected chi connectivity index (χ3v) is 11.7. The molecule has 0 bridgehead atoms. The molecule has 0 saturated heterocycles. The molecule has 0 radical (unpaired) electrons. The van der Waals surface area contributed by atoms with E-state index < -0.39 is 0 Å². The third-order valence-electron chi connectivity index (χ3n) is 10.6. The van der Waals surface area contributed by atoms with Crippen LogP contribution in [0.1, 0.15) is 25.0 Å². The van der Waals surface area contributed by atoms with Crippen LogP contribution in [0.3, 0.4) is 0 Å². The van der Waals surface area contributed by atoms with Gasteiger partial charge in [0.1, 0.15) is 0 Å². The van der Waals surface area contributed by atoms with Gasteiger partial charge in [0.2, 0.25) is 0 Å². The first-order valence-electron chi connectivity index (χ1n) is 17.0. The Morgan fingerprint density at radius 2 is 1.10 bits per heavy atom. The van der Waals surface area contributed by atoms with Crippen molar-refractivity contribution >= 4 is 70.1 Å². The average molecular weight is 644 g/mol. The first-order valence-corrected chi connectivity index (χ1v) is 17.8. The first-order chi connectivity index (χ1) is 24.1. The van der Waals surface area contributed by atoms with Gasteiger partial charge in [0.15, 0.2) is 0 Å². The van der Waals surface area contributed by atoms with Gasteiger partial charge in [-0.15, -0.1) is 11.3 Å². The van der Waals surface area contributed by atoms with E-state index in [2.05, 4.69) is 183 Å². The summed E-state index contributed by atoms with van der Waals surface area (Å²) in [6, 6.07) is 60.7. The molecular formula is C47H33NS. The number of hydrogen-bond acceptors (Lipinski definition) is 2. The highest BCUT2D eigenvalue weighted by molar-refractivity contribution is 7.26. The van der Waals surface area contributed by atoms with Crippen LogP contribution in [0.15, 0.2) is 164 Å². The average Bonchev–Trinajstić information content (AvgIpc) is 3.63. The number of fused-ring (bicyclic) bond motifs is 8. The van der Waals surface area contributed by atoms with E-state index in [0.717, 1.165) is 11.4 Å². The summed E-state index contributed by atoms with van der Waals surface area (Å²) in [4.78, 5) is 2.53. The Bertz CT molecular complexity index is 2760. The van der Waals surface area contributed by atoms with E-state index in [1.165, 1.54) is 80.8 Å². The molecule has 0 N–H and O–H groups in total. The van der Waals surface area contributed by atoms with Gasteiger partial charge >= 0.3 is 0 Å². The summed E-state index contributed by atoms with van der Waals surface area (Å²) in [5.74, 6) is 0. The van der Waals surface area contributed by atoms with Crippen molar-refractivity contribution in [1.82, 2.24) is 0 Å². The second-order valence-corrected chi connectivity index (χ2v) is 14.8. The van der Waals surface area contributed by atoms with Crippen LogP contribution in [0.2, 0.25) is 0 Å². The SMILES string of the molecule is CC1(C)c2ccccc2-c2cc(N(c3cccc(-c4cccc5ccccc45)c3)c3c4ccccc4cc4sc5ccccc5c34)ccc21. The molecule has 0 spiro atoms. The van der Waals surface area contributed by atoms with Crippen molar-refractivity contribution in [2.24, 2.45) is 0 Å². The number of thiophene rings is 1. The van der Waals surface area contributed by atoms with Crippen molar-refractivity contribution in [2.45, 2.75) is 19.3 Å². The van der Waals surface area contributed by atoms with Crippen LogP contribution >= 0.6 is 11.3 Å². The highest BCUT2D eigenvalue weighted by Crippen LogP contribution is 2.53. The zero-order chi connectivity index (χ0) is 32.7. The first kappa shape index (κ1) is 28.3. The van der Waals surface area contributed by atoms with Crippen LogP contribution in [0.5, 0.6) is 0 Å². The Hall–Kier alpha value is -5.70. The van der Waals surface area contributed by atoms with E-state index in [0.29, 0.717) is 0 Å². The molecule has 232 valence electrons. The topological polar surface area (TPSA) is 3.24 Å². The van der Waals surface area contributed by atoms with Gasteiger partial charge in [0, 0.05) is 42.3 Å². The van der Waals surface area contributed by atoms with E-state index >= 15 is 0 Å². The smallest absolute Gasteiger partial charge is 0.0633 e. The van der Waals surface area contributed by atoms with Crippen molar-refractivity contribution in [3.05, 3.63) is 175 Å². The maximum absolute atomic E-state index is 2.53. The molecule has 1 nitrogen and oxygen atoms in total. The van der Waals surface area contributed by atoms with Gasteiger partial charge in [-0.25, -0.2) is 0 Å². The molecule has 1 aromatic heterocycles. The molecule has 10 rings (SSSR count). The number of hydrogen-bond donors (Lipinski definition) is 0. The van der Waals surface area contributed by atoms with Gasteiger partial charge in [-0.1, -0.05) is 141 Å². The molecule has 0 unspecified atom stereocenters. The van der Waals surface area contributed by atoms with Crippen molar-refractivity contribution < 1.29 is 0 Å². The summed E-state index contributed by atoms with van der Waals surface area (Å²) in [5, 5.41) is 7.61. The molecule has 1 aliphatic rings.